The molecule has 0 aliphatic carbocycles. The minimum Gasteiger partial charge on any atom is -0.325 e. The Morgan fingerprint density at radius 2 is 1.86 bits per heavy atom. The molecule has 1 N–H and O–H groups in total. The second-order valence-electron chi connectivity index (χ2n) is 5.91. The zero-order valence-electron chi connectivity index (χ0n) is 12.8. The van der Waals surface area contributed by atoms with Crippen LogP contribution in [0.5, 0.6) is 0 Å². The van der Waals surface area contributed by atoms with Gasteiger partial charge in [-0.2, -0.15) is 5.10 Å². The average Bonchev–Trinajstić information content (AvgIpc) is 2.68. The molecular formula is C15H20N4O2. The van der Waals surface area contributed by atoms with Crippen LogP contribution in [-0.2, 0) is 16.9 Å². The van der Waals surface area contributed by atoms with Crippen LogP contribution in [-0.4, -0.2) is 20.3 Å². The van der Waals surface area contributed by atoms with E-state index in [-0.39, 0.29) is 18.1 Å². The number of hydrogen-bond acceptors (Lipinski definition) is 3. The first-order valence-electron chi connectivity index (χ1n) is 6.81. The molecule has 112 valence electrons. The number of para-hydroxylation sites is 1. The lowest BCUT2D eigenvalue weighted by Crippen LogP contribution is -2.37. The monoisotopic (exact) mass is 288 g/mol. The number of carbonyl (C=O) groups is 1. The molecule has 6 heteroatoms. The highest BCUT2D eigenvalue weighted by atomic mass is 16.2. The molecule has 0 unspecified atom stereocenters. The van der Waals surface area contributed by atoms with Gasteiger partial charge in [-0.3, -0.25) is 9.36 Å². The minimum atomic E-state index is -0.414. The summed E-state index contributed by atoms with van der Waals surface area (Å²) in [7, 11) is 0. The van der Waals surface area contributed by atoms with Crippen LogP contribution < -0.4 is 11.0 Å². The van der Waals surface area contributed by atoms with E-state index in [1.807, 2.05) is 39.0 Å². The van der Waals surface area contributed by atoms with Crippen LogP contribution in [0.25, 0.3) is 0 Å². The number of benzene rings is 1. The first-order valence-corrected chi connectivity index (χ1v) is 6.81. The SMILES string of the molecule is Cc1nn(C(C)(C)C)c(=O)n1CC(=O)Nc1ccccc1. The van der Waals surface area contributed by atoms with Crippen molar-refractivity contribution in [2.75, 3.05) is 5.32 Å². The highest BCUT2D eigenvalue weighted by molar-refractivity contribution is 5.90. The standard InChI is InChI=1S/C15H20N4O2/c1-11-17-19(15(2,3)4)14(21)18(11)10-13(20)16-12-8-6-5-7-9-12/h5-9H,10H2,1-4H3,(H,16,20). The Morgan fingerprint density at radius 3 is 2.38 bits per heavy atom. The van der Waals surface area contributed by atoms with Gasteiger partial charge in [0.25, 0.3) is 0 Å². The molecule has 0 saturated heterocycles. The Balaban J connectivity index is 2.19. The van der Waals surface area contributed by atoms with Crippen molar-refractivity contribution in [2.24, 2.45) is 0 Å². The van der Waals surface area contributed by atoms with E-state index in [2.05, 4.69) is 10.4 Å². The predicted molar refractivity (Wildman–Crippen MR) is 81.3 cm³/mol. The molecule has 0 saturated carbocycles. The maximum absolute atomic E-state index is 12.3. The molecule has 1 heterocycles. The maximum Gasteiger partial charge on any atom is 0.346 e. The van der Waals surface area contributed by atoms with Gasteiger partial charge in [0.1, 0.15) is 12.4 Å². The van der Waals surface area contributed by atoms with E-state index in [1.54, 1.807) is 19.1 Å². The number of aryl methyl sites for hydroxylation is 1. The maximum atomic E-state index is 12.3. The fourth-order valence-electron chi connectivity index (χ4n) is 1.98. The Morgan fingerprint density at radius 1 is 1.24 bits per heavy atom. The van der Waals surface area contributed by atoms with Crippen LogP contribution in [0.4, 0.5) is 5.69 Å². The lowest BCUT2D eigenvalue weighted by molar-refractivity contribution is -0.116. The summed E-state index contributed by atoms with van der Waals surface area (Å²) in [6, 6.07) is 9.14. The number of amides is 1. The third-order valence-corrected chi connectivity index (χ3v) is 3.04. The van der Waals surface area contributed by atoms with Gasteiger partial charge in [0, 0.05) is 5.69 Å². The van der Waals surface area contributed by atoms with E-state index < -0.39 is 5.54 Å². The van der Waals surface area contributed by atoms with Gasteiger partial charge in [0.15, 0.2) is 0 Å². The topological polar surface area (TPSA) is 68.9 Å². The second kappa shape index (κ2) is 5.55. The minimum absolute atomic E-state index is 0.0460. The largest absolute Gasteiger partial charge is 0.346 e. The van der Waals surface area contributed by atoms with E-state index in [1.165, 1.54) is 9.25 Å². The molecule has 1 aromatic carbocycles. The van der Waals surface area contributed by atoms with Gasteiger partial charge in [0.05, 0.1) is 5.54 Å². The van der Waals surface area contributed by atoms with Crippen LogP contribution in [0.15, 0.2) is 35.1 Å². The number of rotatable bonds is 3. The van der Waals surface area contributed by atoms with Gasteiger partial charge in [-0.05, 0) is 39.8 Å². The molecule has 0 fully saturated rings. The van der Waals surface area contributed by atoms with Gasteiger partial charge in [-0.1, -0.05) is 18.2 Å². The number of nitrogens with zero attached hydrogens (tertiary/aromatic N) is 3. The molecule has 1 aromatic heterocycles. The molecule has 0 aliphatic heterocycles. The predicted octanol–water partition coefficient (Wildman–Crippen LogP) is 1.75. The lowest BCUT2D eigenvalue weighted by Gasteiger charge is -2.16. The molecule has 1 amide bonds. The van der Waals surface area contributed by atoms with Crippen molar-refractivity contribution in [2.45, 2.75) is 39.8 Å². The number of nitrogens with one attached hydrogen (secondary N) is 1. The summed E-state index contributed by atoms with van der Waals surface area (Å²) < 4.78 is 2.78. The van der Waals surface area contributed by atoms with Gasteiger partial charge in [-0.15, -0.1) is 0 Å². The molecule has 2 rings (SSSR count). The zero-order chi connectivity index (χ0) is 15.6. The van der Waals surface area contributed by atoms with Crippen molar-refractivity contribution >= 4 is 11.6 Å². The van der Waals surface area contributed by atoms with Gasteiger partial charge in [-0.25, -0.2) is 9.48 Å². The van der Waals surface area contributed by atoms with E-state index in [0.717, 1.165) is 0 Å². The highest BCUT2D eigenvalue weighted by Gasteiger charge is 2.21. The summed E-state index contributed by atoms with van der Waals surface area (Å²) in [5.41, 5.74) is 0.0165. The van der Waals surface area contributed by atoms with Crippen LogP contribution in [0.1, 0.15) is 26.6 Å². The first kappa shape index (κ1) is 15.0. The summed E-state index contributed by atoms with van der Waals surface area (Å²) in [5, 5.41) is 6.99. The Hall–Kier alpha value is -2.37. The molecule has 21 heavy (non-hydrogen) atoms. The van der Waals surface area contributed by atoms with E-state index in [0.29, 0.717) is 11.5 Å². The molecule has 0 bridgehead atoms. The summed E-state index contributed by atoms with van der Waals surface area (Å²) in [4.78, 5) is 24.3. The van der Waals surface area contributed by atoms with Crippen molar-refractivity contribution in [1.82, 2.24) is 14.3 Å². The van der Waals surface area contributed by atoms with Crippen molar-refractivity contribution in [3.8, 4) is 0 Å². The third-order valence-electron chi connectivity index (χ3n) is 3.04. The zero-order valence-corrected chi connectivity index (χ0v) is 12.8. The van der Waals surface area contributed by atoms with E-state index in [9.17, 15) is 9.59 Å². The quantitative estimate of drug-likeness (QED) is 0.935. The van der Waals surface area contributed by atoms with Crippen molar-refractivity contribution < 1.29 is 4.79 Å². The van der Waals surface area contributed by atoms with Crippen molar-refractivity contribution in [3.63, 3.8) is 0 Å². The number of hydrogen-bond donors (Lipinski definition) is 1. The highest BCUT2D eigenvalue weighted by Crippen LogP contribution is 2.10. The fourth-order valence-corrected chi connectivity index (χ4v) is 1.98. The summed E-state index contributed by atoms with van der Waals surface area (Å²) in [6.45, 7) is 7.37. The average molecular weight is 288 g/mol. The lowest BCUT2D eigenvalue weighted by atomic mass is 10.1. The van der Waals surface area contributed by atoms with Crippen molar-refractivity contribution in [1.29, 1.82) is 0 Å². The van der Waals surface area contributed by atoms with Gasteiger partial charge < -0.3 is 5.32 Å². The van der Waals surface area contributed by atoms with E-state index >= 15 is 0 Å². The fraction of sp³-hybridized carbons (Fsp3) is 0.400. The Labute approximate surface area is 123 Å². The van der Waals surface area contributed by atoms with E-state index in [4.69, 9.17) is 0 Å². The molecule has 6 nitrogen and oxygen atoms in total. The number of anilines is 1. The second-order valence-corrected chi connectivity index (χ2v) is 5.91. The van der Waals surface area contributed by atoms with Crippen LogP contribution in [0.3, 0.4) is 0 Å². The summed E-state index contributed by atoms with van der Waals surface area (Å²) >= 11 is 0. The molecular weight excluding hydrogens is 268 g/mol. The van der Waals surface area contributed by atoms with Crippen molar-refractivity contribution in [3.05, 3.63) is 46.6 Å². The Kier molecular flexibility index (Phi) is 3.97. The molecule has 0 atom stereocenters. The summed E-state index contributed by atoms with van der Waals surface area (Å²) in [5.74, 6) is 0.276. The summed E-state index contributed by atoms with van der Waals surface area (Å²) in [6.07, 6.45) is 0. The number of carbonyl (C=O) groups excluding carboxylic acids is 1. The first-order chi connectivity index (χ1) is 9.79. The molecule has 0 spiro atoms. The van der Waals surface area contributed by atoms with Gasteiger partial charge in [0.2, 0.25) is 5.91 Å². The third kappa shape index (κ3) is 3.39. The molecule has 2 aromatic rings. The normalized spacial score (nSPS) is 11.4. The van der Waals surface area contributed by atoms with Crippen LogP contribution in [0, 0.1) is 6.92 Å². The van der Waals surface area contributed by atoms with Crippen LogP contribution in [0.2, 0.25) is 0 Å². The number of aromatic nitrogens is 3. The molecule has 0 radical (unpaired) electrons. The Bertz CT molecular complexity index is 693. The molecule has 0 aliphatic rings. The van der Waals surface area contributed by atoms with Crippen LogP contribution >= 0.6 is 0 Å². The smallest absolute Gasteiger partial charge is 0.325 e. The van der Waals surface area contributed by atoms with Gasteiger partial charge >= 0.3 is 5.69 Å².